The molecule has 0 aromatic rings. The molecule has 0 rings (SSSR count). The first-order valence-corrected chi connectivity index (χ1v) is 11.4. The second-order valence-corrected chi connectivity index (χ2v) is 9.54. The zero-order valence-corrected chi connectivity index (χ0v) is 20.9. The highest BCUT2D eigenvalue weighted by atomic mass is 16.4. The molecule has 4 N–H and O–H groups in total. The van der Waals surface area contributed by atoms with Crippen molar-refractivity contribution in [1.82, 2.24) is 16.0 Å². The molecule has 34 heavy (non-hydrogen) atoms. The number of azide groups is 1. The first-order valence-electron chi connectivity index (χ1n) is 11.4. The summed E-state index contributed by atoms with van der Waals surface area (Å²) < 4.78 is 0. The smallest absolute Gasteiger partial charge is 0.327 e. The van der Waals surface area contributed by atoms with Gasteiger partial charge in [-0.3, -0.25) is 14.4 Å². The fourth-order valence-electron chi connectivity index (χ4n) is 3.25. The number of carbonyl (C=O) groups excluding carboxylic acids is 3. The molecule has 0 aromatic heterocycles. The molecule has 190 valence electrons. The lowest BCUT2D eigenvalue weighted by atomic mass is 9.99. The van der Waals surface area contributed by atoms with E-state index in [1.165, 1.54) is 0 Å². The fraction of sp³-hybridized carbons (Fsp3) is 0.739. The summed E-state index contributed by atoms with van der Waals surface area (Å²) in [5.74, 6) is -0.784. The Labute approximate surface area is 201 Å². The fourth-order valence-corrected chi connectivity index (χ4v) is 3.25. The highest BCUT2D eigenvalue weighted by Crippen LogP contribution is 2.12. The number of carboxylic acid groups (broad SMARTS) is 1. The molecule has 0 unspecified atom stereocenters. The number of hydrogen-bond donors (Lipinski definition) is 4. The van der Waals surface area contributed by atoms with Gasteiger partial charge >= 0.3 is 5.97 Å². The van der Waals surface area contributed by atoms with Gasteiger partial charge in [0.15, 0.2) is 0 Å². The minimum atomic E-state index is -1.28. The molecule has 11 nitrogen and oxygen atoms in total. The SMILES string of the molecule is C#CC[C@H](NC(=O)[C@H](CC(C)C)NC(=O)[C@H](CC(C)C)NC(=O)[C@H](CC(C)C)N=[N+]=[N-])C(=O)O. The van der Waals surface area contributed by atoms with Crippen LogP contribution in [0.5, 0.6) is 0 Å². The summed E-state index contributed by atoms with van der Waals surface area (Å²) in [6.45, 7) is 11.2. The lowest BCUT2D eigenvalue weighted by Gasteiger charge is -2.26. The van der Waals surface area contributed by atoms with Crippen LogP contribution in [0, 0.1) is 30.1 Å². The van der Waals surface area contributed by atoms with Crippen LogP contribution in [0.2, 0.25) is 0 Å². The van der Waals surface area contributed by atoms with E-state index in [1.54, 1.807) is 0 Å². The van der Waals surface area contributed by atoms with Crippen molar-refractivity contribution in [2.75, 3.05) is 0 Å². The van der Waals surface area contributed by atoms with Crippen LogP contribution in [-0.4, -0.2) is 53.0 Å². The van der Waals surface area contributed by atoms with E-state index >= 15 is 0 Å². The number of amides is 3. The van der Waals surface area contributed by atoms with Gasteiger partial charge in [0.25, 0.3) is 0 Å². The third-order valence-corrected chi connectivity index (χ3v) is 4.81. The summed E-state index contributed by atoms with van der Waals surface area (Å²) >= 11 is 0. The summed E-state index contributed by atoms with van der Waals surface area (Å²) in [6, 6.07) is -4.25. The zero-order valence-electron chi connectivity index (χ0n) is 20.9. The maximum Gasteiger partial charge on any atom is 0.327 e. The second-order valence-electron chi connectivity index (χ2n) is 9.54. The minimum Gasteiger partial charge on any atom is -0.480 e. The second kappa shape index (κ2) is 15.6. The van der Waals surface area contributed by atoms with Crippen LogP contribution in [-0.2, 0) is 19.2 Å². The van der Waals surface area contributed by atoms with E-state index in [1.807, 2.05) is 41.5 Å². The third-order valence-electron chi connectivity index (χ3n) is 4.81. The van der Waals surface area contributed by atoms with E-state index in [-0.39, 0.29) is 37.0 Å². The molecule has 0 aliphatic rings. The minimum absolute atomic E-state index is 0.00508. The maximum atomic E-state index is 13.1. The van der Waals surface area contributed by atoms with Gasteiger partial charge in [0.2, 0.25) is 17.7 Å². The van der Waals surface area contributed by atoms with Crippen LogP contribution in [0.15, 0.2) is 5.11 Å². The highest BCUT2D eigenvalue weighted by molar-refractivity contribution is 5.94. The standard InChI is InChI=1S/C23H38N6O5/c1-8-9-16(23(33)34)25-20(30)17(10-13(2)3)26-21(31)18(11-14(4)5)27-22(32)19(28-29-24)12-15(6)7/h1,13-19H,9-12H2,2-7H3,(H,25,30)(H,26,31)(H,27,32)(H,33,34)/t16-,17-,18-,19-/m0/s1. The first kappa shape index (κ1) is 30.8. The molecule has 0 radical (unpaired) electrons. The van der Waals surface area contributed by atoms with E-state index in [9.17, 15) is 24.3 Å². The Balaban J connectivity index is 5.67. The summed E-state index contributed by atoms with van der Waals surface area (Å²) in [7, 11) is 0. The average Bonchev–Trinajstić information content (AvgIpc) is 2.70. The molecule has 0 aliphatic heterocycles. The summed E-state index contributed by atoms with van der Waals surface area (Å²) in [4.78, 5) is 52.7. The van der Waals surface area contributed by atoms with Crippen molar-refractivity contribution >= 4 is 23.7 Å². The number of carboxylic acids is 1. The first-order chi connectivity index (χ1) is 15.8. The van der Waals surface area contributed by atoms with Crippen LogP contribution >= 0.6 is 0 Å². The molecule has 0 saturated carbocycles. The van der Waals surface area contributed by atoms with Crippen LogP contribution in [0.25, 0.3) is 10.4 Å². The molecular formula is C23H38N6O5. The topological polar surface area (TPSA) is 173 Å². The van der Waals surface area contributed by atoms with Gasteiger partial charge < -0.3 is 21.1 Å². The quantitative estimate of drug-likeness (QED) is 0.122. The number of hydrogen-bond acceptors (Lipinski definition) is 5. The molecule has 0 aliphatic carbocycles. The molecule has 0 fully saturated rings. The molecule has 11 heteroatoms. The summed E-state index contributed by atoms with van der Waals surface area (Å²) in [5, 5.41) is 20.5. The van der Waals surface area contributed by atoms with Crippen LogP contribution in [0.3, 0.4) is 0 Å². The van der Waals surface area contributed by atoms with E-state index in [2.05, 4.69) is 31.9 Å². The van der Waals surface area contributed by atoms with Crippen molar-refractivity contribution in [2.45, 2.75) is 91.4 Å². The van der Waals surface area contributed by atoms with Crippen molar-refractivity contribution in [3.8, 4) is 12.3 Å². The van der Waals surface area contributed by atoms with Crippen molar-refractivity contribution in [1.29, 1.82) is 0 Å². The number of nitrogens with one attached hydrogen (secondary N) is 3. The molecule has 0 saturated heterocycles. The molecular weight excluding hydrogens is 440 g/mol. The number of rotatable bonds is 15. The number of terminal acetylenes is 1. The van der Waals surface area contributed by atoms with Gasteiger partial charge in [-0.25, -0.2) is 4.79 Å². The molecule has 0 bridgehead atoms. The van der Waals surface area contributed by atoms with Crippen molar-refractivity contribution in [3.05, 3.63) is 10.4 Å². The molecule has 0 heterocycles. The van der Waals surface area contributed by atoms with Gasteiger partial charge in [-0.1, -0.05) is 46.7 Å². The molecule has 0 spiro atoms. The Morgan fingerprint density at radius 3 is 1.59 bits per heavy atom. The van der Waals surface area contributed by atoms with Gasteiger partial charge in [-0.05, 0) is 42.5 Å². The third kappa shape index (κ3) is 12.1. The average molecular weight is 479 g/mol. The Bertz CT molecular complexity index is 798. The maximum absolute atomic E-state index is 13.1. The molecule has 0 aromatic carbocycles. The number of aliphatic carboxylic acids is 1. The van der Waals surface area contributed by atoms with Crippen molar-refractivity contribution < 1.29 is 24.3 Å². The van der Waals surface area contributed by atoms with E-state index in [4.69, 9.17) is 12.0 Å². The highest BCUT2D eigenvalue weighted by Gasteiger charge is 2.31. The Morgan fingerprint density at radius 2 is 1.24 bits per heavy atom. The monoisotopic (exact) mass is 478 g/mol. The Morgan fingerprint density at radius 1 is 0.824 bits per heavy atom. The van der Waals surface area contributed by atoms with Crippen LogP contribution < -0.4 is 16.0 Å². The molecule has 3 amide bonds. The van der Waals surface area contributed by atoms with Gasteiger partial charge in [0.05, 0.1) is 0 Å². The largest absolute Gasteiger partial charge is 0.480 e. The lowest BCUT2D eigenvalue weighted by Crippen LogP contribution is -2.57. The van der Waals surface area contributed by atoms with E-state index in [0.29, 0.717) is 6.42 Å². The van der Waals surface area contributed by atoms with Gasteiger partial charge in [0.1, 0.15) is 24.2 Å². The van der Waals surface area contributed by atoms with Crippen molar-refractivity contribution in [2.24, 2.45) is 22.9 Å². The van der Waals surface area contributed by atoms with Crippen molar-refractivity contribution in [3.63, 3.8) is 0 Å². The normalized spacial score (nSPS) is 14.4. The predicted molar refractivity (Wildman–Crippen MR) is 128 cm³/mol. The number of nitrogens with zero attached hydrogens (tertiary/aromatic N) is 3. The Kier molecular flexibility index (Phi) is 14.1. The van der Waals surface area contributed by atoms with Gasteiger partial charge in [0, 0.05) is 11.3 Å². The van der Waals surface area contributed by atoms with Crippen LogP contribution in [0.1, 0.15) is 67.2 Å². The zero-order chi connectivity index (χ0) is 26.4. The van der Waals surface area contributed by atoms with E-state index in [0.717, 1.165) is 0 Å². The van der Waals surface area contributed by atoms with Crippen LogP contribution in [0.4, 0.5) is 0 Å². The Hall–Kier alpha value is -3.25. The van der Waals surface area contributed by atoms with E-state index < -0.39 is 47.9 Å². The summed E-state index contributed by atoms with van der Waals surface area (Å²) in [6.07, 6.45) is 5.83. The summed E-state index contributed by atoms with van der Waals surface area (Å²) in [5.41, 5.74) is 8.80. The van der Waals surface area contributed by atoms with Gasteiger partial charge in [-0.2, -0.15) is 0 Å². The van der Waals surface area contributed by atoms with Gasteiger partial charge in [-0.15, -0.1) is 12.3 Å². The number of carbonyl (C=O) groups is 4. The lowest BCUT2D eigenvalue weighted by molar-refractivity contribution is -0.142. The molecule has 4 atom stereocenters. The predicted octanol–water partition coefficient (Wildman–Crippen LogP) is 2.37.